The second-order valence-electron chi connectivity index (χ2n) is 5.83. The summed E-state index contributed by atoms with van der Waals surface area (Å²) in [5.41, 5.74) is 1.35. The normalized spacial score (nSPS) is 18.2. The van der Waals surface area contributed by atoms with Gasteiger partial charge in [-0.3, -0.25) is 9.79 Å². The van der Waals surface area contributed by atoms with Crippen LogP contribution >= 0.6 is 23.2 Å². The number of carbonyl (C=O) groups excluding carboxylic acids is 1. The van der Waals surface area contributed by atoms with E-state index in [0.717, 1.165) is 5.56 Å². The Bertz CT molecular complexity index is 873. The van der Waals surface area contributed by atoms with Crippen molar-refractivity contribution in [2.45, 2.75) is 18.8 Å². The summed E-state index contributed by atoms with van der Waals surface area (Å²) >= 11 is 11.8. The minimum atomic E-state index is -0.200. The van der Waals surface area contributed by atoms with Crippen LogP contribution in [0.5, 0.6) is 5.75 Å². The van der Waals surface area contributed by atoms with Crippen LogP contribution in [0.1, 0.15) is 24.3 Å². The lowest BCUT2D eigenvalue weighted by Gasteiger charge is -2.22. The van der Waals surface area contributed by atoms with E-state index in [0.29, 0.717) is 16.5 Å². The Kier molecular flexibility index (Phi) is 5.11. The van der Waals surface area contributed by atoms with Gasteiger partial charge in [0.15, 0.2) is 5.78 Å². The predicted molar refractivity (Wildman–Crippen MR) is 99.4 cm³/mol. The molecule has 0 saturated heterocycles. The average molecular weight is 376 g/mol. The second kappa shape index (κ2) is 7.30. The molecule has 0 aliphatic heterocycles. The summed E-state index contributed by atoms with van der Waals surface area (Å²) in [6.07, 6.45) is 1.89. The van der Waals surface area contributed by atoms with Gasteiger partial charge in [0.2, 0.25) is 0 Å². The molecule has 0 amide bonds. The summed E-state index contributed by atoms with van der Waals surface area (Å²) in [6.45, 7) is 0. The van der Waals surface area contributed by atoms with Gasteiger partial charge in [0.05, 0.1) is 5.57 Å². The van der Waals surface area contributed by atoms with Gasteiger partial charge in [-0.2, -0.15) is 0 Å². The highest BCUT2D eigenvalue weighted by molar-refractivity contribution is 6.31. The number of carbonyl (C=O) groups is 1. The summed E-state index contributed by atoms with van der Waals surface area (Å²) in [4.78, 5) is 16.5. The number of phenols is 1. The summed E-state index contributed by atoms with van der Waals surface area (Å²) in [7, 11) is 0. The molecule has 0 radical (unpaired) electrons. The lowest BCUT2D eigenvalue weighted by molar-refractivity contribution is -0.116. The third kappa shape index (κ3) is 4.03. The van der Waals surface area contributed by atoms with E-state index in [9.17, 15) is 15.0 Å². The number of Topliss-reactive ketones (excluding diaryl/α,β-unsaturated/α-hetero) is 1. The number of benzene rings is 2. The zero-order chi connectivity index (χ0) is 18.0. The van der Waals surface area contributed by atoms with E-state index >= 15 is 0 Å². The number of aliphatic hydroxyl groups is 1. The van der Waals surface area contributed by atoms with Crippen LogP contribution in [0.4, 0.5) is 5.69 Å². The molecule has 0 bridgehead atoms. The highest BCUT2D eigenvalue weighted by Crippen LogP contribution is 2.34. The Morgan fingerprint density at radius 2 is 1.68 bits per heavy atom. The molecule has 25 heavy (non-hydrogen) atoms. The molecule has 1 aliphatic rings. The van der Waals surface area contributed by atoms with E-state index in [-0.39, 0.29) is 40.9 Å². The number of halogens is 2. The lowest BCUT2D eigenvalue weighted by atomic mass is 9.83. The van der Waals surface area contributed by atoms with E-state index in [1.54, 1.807) is 12.1 Å². The number of aliphatic imine (C=N–C) groups is 1. The summed E-state index contributed by atoms with van der Waals surface area (Å²) in [5.74, 6) is -0.361. The van der Waals surface area contributed by atoms with Crippen LogP contribution in [-0.4, -0.2) is 22.2 Å². The highest BCUT2D eigenvalue weighted by atomic mass is 35.5. The third-order valence-corrected chi connectivity index (χ3v) is 4.58. The van der Waals surface area contributed by atoms with E-state index in [1.165, 1.54) is 24.4 Å². The number of nitrogens with zero attached hydrogens (tertiary/aromatic N) is 1. The molecule has 0 fully saturated rings. The van der Waals surface area contributed by atoms with Crippen molar-refractivity contribution >= 4 is 40.9 Å². The fourth-order valence-corrected chi connectivity index (χ4v) is 3.05. The lowest BCUT2D eigenvalue weighted by Crippen LogP contribution is -2.19. The van der Waals surface area contributed by atoms with E-state index in [1.807, 2.05) is 12.1 Å². The maximum atomic E-state index is 12.4. The van der Waals surface area contributed by atoms with E-state index in [2.05, 4.69) is 4.99 Å². The number of hydrogen-bond acceptors (Lipinski definition) is 4. The summed E-state index contributed by atoms with van der Waals surface area (Å²) in [5, 5.41) is 21.1. The van der Waals surface area contributed by atoms with Gasteiger partial charge in [-0.25, -0.2) is 0 Å². The number of ketones is 1. The molecule has 1 atom stereocenters. The summed E-state index contributed by atoms with van der Waals surface area (Å²) < 4.78 is 0. The number of phenolic OH excluding ortho intramolecular Hbond substituents is 1. The quantitative estimate of drug-likeness (QED) is 0.709. The zero-order valence-corrected chi connectivity index (χ0v) is 14.6. The van der Waals surface area contributed by atoms with Gasteiger partial charge in [-0.15, -0.1) is 0 Å². The molecule has 128 valence electrons. The van der Waals surface area contributed by atoms with Crippen LogP contribution < -0.4 is 0 Å². The molecule has 0 spiro atoms. The molecule has 6 heteroatoms. The molecule has 4 nitrogen and oxygen atoms in total. The molecule has 2 aromatic carbocycles. The van der Waals surface area contributed by atoms with Crippen molar-refractivity contribution < 1.29 is 15.0 Å². The van der Waals surface area contributed by atoms with Crippen molar-refractivity contribution in [3.8, 4) is 5.75 Å². The maximum Gasteiger partial charge on any atom is 0.168 e. The van der Waals surface area contributed by atoms with Gasteiger partial charge in [0.25, 0.3) is 0 Å². The van der Waals surface area contributed by atoms with Crippen molar-refractivity contribution in [1.82, 2.24) is 0 Å². The first-order valence-corrected chi connectivity index (χ1v) is 8.43. The molecule has 2 aromatic rings. The fourth-order valence-electron chi connectivity index (χ4n) is 2.76. The molecular weight excluding hydrogens is 361 g/mol. The Hall–Kier alpha value is -2.30. The van der Waals surface area contributed by atoms with Gasteiger partial charge in [0.1, 0.15) is 17.2 Å². The zero-order valence-electron chi connectivity index (χ0n) is 13.1. The molecule has 0 aromatic heterocycles. The molecule has 3 rings (SSSR count). The van der Waals surface area contributed by atoms with Crippen LogP contribution in [-0.2, 0) is 4.79 Å². The van der Waals surface area contributed by atoms with Crippen molar-refractivity contribution in [1.29, 1.82) is 0 Å². The minimum Gasteiger partial charge on any atom is -0.511 e. The first-order valence-electron chi connectivity index (χ1n) is 7.67. The van der Waals surface area contributed by atoms with Crippen LogP contribution in [0.15, 0.2) is 58.8 Å². The highest BCUT2D eigenvalue weighted by Gasteiger charge is 2.27. The topological polar surface area (TPSA) is 69.9 Å². The Morgan fingerprint density at radius 1 is 1.00 bits per heavy atom. The van der Waals surface area contributed by atoms with Crippen LogP contribution in [0.2, 0.25) is 10.0 Å². The standard InChI is InChI=1S/C19H15Cl2NO3/c20-13-3-1-11(2-4-13)12-7-18(24)15(19(25)8-12)10-22-16-9-14(21)5-6-17(16)23/h1-6,9-10,12,23-24H,7-8H2. The Morgan fingerprint density at radius 3 is 2.36 bits per heavy atom. The monoisotopic (exact) mass is 375 g/mol. The number of aromatic hydroxyl groups is 1. The van der Waals surface area contributed by atoms with Crippen molar-refractivity contribution in [2.75, 3.05) is 0 Å². The molecule has 2 N–H and O–H groups in total. The molecule has 0 heterocycles. The fraction of sp³-hybridized carbons (Fsp3) is 0.158. The Labute approximate surface area is 155 Å². The summed E-state index contributed by atoms with van der Waals surface area (Å²) in [6, 6.07) is 11.7. The second-order valence-corrected chi connectivity index (χ2v) is 6.70. The molecule has 1 aliphatic carbocycles. The predicted octanol–water partition coefficient (Wildman–Crippen LogP) is 5.36. The third-order valence-electron chi connectivity index (χ3n) is 4.09. The largest absolute Gasteiger partial charge is 0.511 e. The van der Waals surface area contributed by atoms with Crippen LogP contribution in [0.25, 0.3) is 0 Å². The minimum absolute atomic E-state index is 0.0125. The van der Waals surface area contributed by atoms with E-state index < -0.39 is 0 Å². The van der Waals surface area contributed by atoms with Crippen molar-refractivity contribution in [2.24, 2.45) is 4.99 Å². The molecule has 0 saturated carbocycles. The van der Waals surface area contributed by atoms with Crippen LogP contribution in [0, 0.1) is 0 Å². The Balaban J connectivity index is 1.84. The van der Waals surface area contributed by atoms with Gasteiger partial charge >= 0.3 is 0 Å². The first kappa shape index (κ1) is 17.5. The molecular formula is C19H15Cl2NO3. The maximum absolute atomic E-state index is 12.4. The van der Waals surface area contributed by atoms with Gasteiger partial charge in [0, 0.05) is 29.1 Å². The van der Waals surface area contributed by atoms with Gasteiger partial charge in [-0.05, 0) is 41.8 Å². The number of allylic oxidation sites excluding steroid dienone is 2. The van der Waals surface area contributed by atoms with Crippen molar-refractivity contribution in [3.63, 3.8) is 0 Å². The SMILES string of the molecule is O=C1CC(c2ccc(Cl)cc2)CC(O)=C1C=Nc1cc(Cl)ccc1O. The number of hydrogen-bond donors (Lipinski definition) is 2. The average Bonchev–Trinajstić information content (AvgIpc) is 2.57. The van der Waals surface area contributed by atoms with Gasteiger partial charge in [-0.1, -0.05) is 35.3 Å². The van der Waals surface area contributed by atoms with Crippen LogP contribution in [0.3, 0.4) is 0 Å². The first-order chi connectivity index (χ1) is 11.9. The molecule has 1 unspecified atom stereocenters. The smallest absolute Gasteiger partial charge is 0.168 e. The van der Waals surface area contributed by atoms with Crippen molar-refractivity contribution in [3.05, 3.63) is 69.4 Å². The van der Waals surface area contributed by atoms with E-state index in [4.69, 9.17) is 23.2 Å². The van der Waals surface area contributed by atoms with Gasteiger partial charge < -0.3 is 10.2 Å². The number of rotatable bonds is 3. The number of aliphatic hydroxyl groups excluding tert-OH is 1.